The number of benzene rings is 2. The predicted molar refractivity (Wildman–Crippen MR) is 99.1 cm³/mol. The Balaban J connectivity index is 2.09. The van der Waals surface area contributed by atoms with Crippen LogP contribution in [0, 0.1) is 17.1 Å². The van der Waals surface area contributed by atoms with Crippen LogP contribution >= 0.6 is 0 Å². The maximum Gasteiger partial charge on any atom is 0.266 e. The first-order chi connectivity index (χ1) is 12.5. The highest BCUT2D eigenvalue weighted by Crippen LogP contribution is 2.12. The lowest BCUT2D eigenvalue weighted by Crippen LogP contribution is -2.37. The van der Waals surface area contributed by atoms with Crippen LogP contribution in [0.3, 0.4) is 0 Å². The maximum absolute atomic E-state index is 13.6. The fourth-order valence-corrected chi connectivity index (χ4v) is 2.47. The molecule has 1 amide bonds. The van der Waals surface area contributed by atoms with Gasteiger partial charge in [-0.05, 0) is 25.5 Å². The summed E-state index contributed by atoms with van der Waals surface area (Å²) in [6, 6.07) is 17.9. The largest absolute Gasteiger partial charge is 0.385 e. The zero-order valence-electron chi connectivity index (χ0n) is 14.9. The molecule has 0 radical (unpaired) electrons. The first-order valence-corrected chi connectivity index (χ1v) is 8.45. The normalized spacial score (nSPS) is 11.1. The third-order valence-electron chi connectivity index (χ3n) is 3.93. The average Bonchev–Trinajstić information content (AvgIpc) is 2.65. The monoisotopic (exact) mass is 351 g/mol. The Morgan fingerprint density at radius 1 is 1.19 bits per heavy atom. The van der Waals surface area contributed by atoms with Gasteiger partial charge in [0.2, 0.25) is 0 Å². The molecule has 0 saturated heterocycles. The summed E-state index contributed by atoms with van der Waals surface area (Å²) >= 11 is 0. The summed E-state index contributed by atoms with van der Waals surface area (Å²) in [6.45, 7) is 4.43. The Bertz CT molecular complexity index is 810. The molecule has 0 aliphatic carbocycles. The van der Waals surface area contributed by atoms with Gasteiger partial charge in [-0.25, -0.2) is 4.39 Å². The number of carbonyl (C=O) groups excluding carboxylic acids is 1. The number of carbonyl (C=O) groups is 1. The van der Waals surface area contributed by atoms with Gasteiger partial charge in [-0.15, -0.1) is 0 Å². The van der Waals surface area contributed by atoms with Crippen molar-refractivity contribution in [2.24, 2.45) is 0 Å². The number of amides is 1. The van der Waals surface area contributed by atoms with Gasteiger partial charge < -0.3 is 10.2 Å². The summed E-state index contributed by atoms with van der Waals surface area (Å²) in [4.78, 5) is 14.4. The van der Waals surface area contributed by atoms with Crippen LogP contribution in [-0.4, -0.2) is 16.8 Å². The van der Waals surface area contributed by atoms with Crippen molar-refractivity contribution < 1.29 is 9.18 Å². The summed E-state index contributed by atoms with van der Waals surface area (Å²) in [6.07, 6.45) is 1.36. The molecule has 0 aliphatic rings. The second kappa shape index (κ2) is 9.38. The van der Waals surface area contributed by atoms with E-state index in [-0.39, 0.29) is 29.9 Å². The summed E-state index contributed by atoms with van der Waals surface area (Å²) < 4.78 is 13.6. The Morgan fingerprint density at radius 3 is 2.46 bits per heavy atom. The molecule has 0 fully saturated rings. The standard InChI is InChI=1S/C21H22FN3O/c1-16(2)25(15-17-8-4-3-5-9-17)21(26)19(12-23)14-24-13-18-10-6-7-11-20(18)22/h3-11,14,16,24H,13,15H2,1-2H3/b19-14-. The van der Waals surface area contributed by atoms with Crippen LogP contribution in [0.1, 0.15) is 25.0 Å². The van der Waals surface area contributed by atoms with Gasteiger partial charge in [0.15, 0.2) is 0 Å². The molecule has 0 heterocycles. The lowest BCUT2D eigenvalue weighted by molar-refractivity contribution is -0.129. The fraction of sp³-hybridized carbons (Fsp3) is 0.238. The number of hydrogen-bond donors (Lipinski definition) is 1. The molecular weight excluding hydrogens is 329 g/mol. The van der Waals surface area contributed by atoms with E-state index in [2.05, 4.69) is 5.32 Å². The second-order valence-corrected chi connectivity index (χ2v) is 6.15. The van der Waals surface area contributed by atoms with E-state index in [0.717, 1.165) is 5.56 Å². The minimum Gasteiger partial charge on any atom is -0.385 e. The summed E-state index contributed by atoms with van der Waals surface area (Å²) in [5.74, 6) is -0.682. The van der Waals surface area contributed by atoms with Crippen LogP contribution in [0.2, 0.25) is 0 Å². The first kappa shape index (κ1) is 19.2. The van der Waals surface area contributed by atoms with Gasteiger partial charge in [-0.1, -0.05) is 48.5 Å². The van der Waals surface area contributed by atoms with Crippen molar-refractivity contribution in [1.29, 1.82) is 5.26 Å². The summed E-state index contributed by atoms with van der Waals surface area (Å²) in [5, 5.41) is 12.2. The number of nitrogens with one attached hydrogen (secondary N) is 1. The molecule has 0 saturated carbocycles. The number of nitrogens with zero attached hydrogens (tertiary/aromatic N) is 2. The van der Waals surface area contributed by atoms with E-state index in [0.29, 0.717) is 12.1 Å². The van der Waals surface area contributed by atoms with Crippen molar-refractivity contribution in [2.45, 2.75) is 33.0 Å². The van der Waals surface area contributed by atoms with E-state index in [1.807, 2.05) is 50.2 Å². The van der Waals surface area contributed by atoms with Gasteiger partial charge in [-0.2, -0.15) is 5.26 Å². The molecule has 134 valence electrons. The van der Waals surface area contributed by atoms with Gasteiger partial charge in [0.05, 0.1) is 0 Å². The lowest BCUT2D eigenvalue weighted by Gasteiger charge is -2.26. The van der Waals surface area contributed by atoms with E-state index in [4.69, 9.17) is 0 Å². The van der Waals surface area contributed by atoms with Crippen LogP contribution in [0.5, 0.6) is 0 Å². The van der Waals surface area contributed by atoms with E-state index < -0.39 is 0 Å². The van der Waals surface area contributed by atoms with Gasteiger partial charge in [0.25, 0.3) is 5.91 Å². The molecule has 0 unspecified atom stereocenters. The minimum atomic E-state index is -0.354. The van der Waals surface area contributed by atoms with Crippen LogP contribution in [-0.2, 0) is 17.9 Å². The Hall–Kier alpha value is -3.13. The second-order valence-electron chi connectivity index (χ2n) is 6.15. The van der Waals surface area contributed by atoms with Crippen LogP contribution in [0.4, 0.5) is 4.39 Å². The summed E-state index contributed by atoms with van der Waals surface area (Å²) in [7, 11) is 0. The van der Waals surface area contributed by atoms with Crippen molar-refractivity contribution in [2.75, 3.05) is 0 Å². The number of nitriles is 1. The van der Waals surface area contributed by atoms with Crippen molar-refractivity contribution >= 4 is 5.91 Å². The van der Waals surface area contributed by atoms with E-state index in [1.165, 1.54) is 12.3 Å². The van der Waals surface area contributed by atoms with Gasteiger partial charge in [0, 0.05) is 30.9 Å². The van der Waals surface area contributed by atoms with Crippen LogP contribution < -0.4 is 5.32 Å². The number of rotatable bonds is 7. The van der Waals surface area contributed by atoms with Gasteiger partial charge in [0.1, 0.15) is 17.5 Å². The van der Waals surface area contributed by atoms with Crippen molar-refractivity contribution in [3.8, 4) is 6.07 Å². The van der Waals surface area contributed by atoms with Crippen LogP contribution in [0.15, 0.2) is 66.4 Å². The average molecular weight is 351 g/mol. The molecule has 4 nitrogen and oxygen atoms in total. The molecule has 2 rings (SSSR count). The molecule has 5 heteroatoms. The Labute approximate surface area is 153 Å². The SMILES string of the molecule is CC(C)N(Cc1ccccc1)C(=O)/C(C#N)=C\NCc1ccccc1F. The molecule has 0 spiro atoms. The Morgan fingerprint density at radius 2 is 1.85 bits per heavy atom. The highest BCUT2D eigenvalue weighted by Gasteiger charge is 2.21. The molecular formula is C21H22FN3O. The highest BCUT2D eigenvalue weighted by atomic mass is 19.1. The third-order valence-corrected chi connectivity index (χ3v) is 3.93. The number of halogens is 1. The molecule has 2 aromatic carbocycles. The third kappa shape index (κ3) is 5.18. The topological polar surface area (TPSA) is 56.1 Å². The fourth-order valence-electron chi connectivity index (χ4n) is 2.47. The minimum absolute atomic E-state index is 0.00836. The molecule has 1 N–H and O–H groups in total. The number of hydrogen-bond acceptors (Lipinski definition) is 3. The zero-order valence-corrected chi connectivity index (χ0v) is 14.9. The first-order valence-electron chi connectivity index (χ1n) is 8.45. The maximum atomic E-state index is 13.6. The zero-order chi connectivity index (χ0) is 18.9. The molecule has 0 bridgehead atoms. The van der Waals surface area contributed by atoms with E-state index >= 15 is 0 Å². The highest BCUT2D eigenvalue weighted by molar-refractivity contribution is 5.97. The molecule has 26 heavy (non-hydrogen) atoms. The summed E-state index contributed by atoms with van der Waals surface area (Å²) in [5.41, 5.74) is 1.45. The smallest absolute Gasteiger partial charge is 0.266 e. The Kier molecular flexibility index (Phi) is 6.92. The molecule has 0 atom stereocenters. The van der Waals surface area contributed by atoms with Crippen LogP contribution in [0.25, 0.3) is 0 Å². The predicted octanol–water partition coefficient (Wildman–Crippen LogP) is 3.76. The van der Waals surface area contributed by atoms with Crippen molar-refractivity contribution in [1.82, 2.24) is 10.2 Å². The quantitative estimate of drug-likeness (QED) is 0.610. The molecule has 2 aromatic rings. The molecule has 0 aliphatic heterocycles. The van der Waals surface area contributed by atoms with Crippen molar-refractivity contribution in [3.05, 3.63) is 83.3 Å². The van der Waals surface area contributed by atoms with Gasteiger partial charge in [-0.3, -0.25) is 4.79 Å². The van der Waals surface area contributed by atoms with E-state index in [1.54, 1.807) is 23.1 Å². The van der Waals surface area contributed by atoms with Crippen molar-refractivity contribution in [3.63, 3.8) is 0 Å². The lowest BCUT2D eigenvalue weighted by atomic mass is 10.1. The van der Waals surface area contributed by atoms with Gasteiger partial charge >= 0.3 is 0 Å². The molecule has 0 aromatic heterocycles. The van der Waals surface area contributed by atoms with E-state index in [9.17, 15) is 14.4 Å².